The molecule has 1 fully saturated rings. The van der Waals surface area contributed by atoms with Gasteiger partial charge in [-0.15, -0.1) is 11.8 Å². The zero-order valence-corrected chi connectivity index (χ0v) is 12.3. The van der Waals surface area contributed by atoms with Gasteiger partial charge in [0.25, 0.3) is 0 Å². The summed E-state index contributed by atoms with van der Waals surface area (Å²) in [4.78, 5) is 29.3. The maximum absolute atomic E-state index is 12.6. The van der Waals surface area contributed by atoms with E-state index in [1.165, 1.54) is 34.0 Å². The number of hydrogen-bond acceptors (Lipinski definition) is 5. The van der Waals surface area contributed by atoms with Crippen LogP contribution in [0.5, 0.6) is 0 Å². The monoisotopic (exact) mass is 298 g/mol. The Morgan fingerprint density at radius 2 is 2.30 bits per heavy atom. The molecule has 7 nitrogen and oxygen atoms in total. The molecule has 1 N–H and O–H groups in total. The molecule has 0 aromatic carbocycles. The standard InChI is InChI=1S/C12H18N4O3S/c1-3-4-10-16(9(5-20-10)12(18)19)11(17)8(2)15-7-13-6-14-15/h6-10H,3-5H2,1-2H3,(H,18,19). The van der Waals surface area contributed by atoms with Crippen LogP contribution in [0.15, 0.2) is 12.7 Å². The molecule has 3 atom stereocenters. The molecule has 0 spiro atoms. The van der Waals surface area contributed by atoms with E-state index in [1.807, 2.05) is 6.92 Å². The van der Waals surface area contributed by atoms with Crippen molar-refractivity contribution in [2.45, 2.75) is 44.1 Å². The minimum Gasteiger partial charge on any atom is -0.480 e. The number of aromatic nitrogens is 3. The molecule has 1 amide bonds. The average molecular weight is 298 g/mol. The van der Waals surface area contributed by atoms with Crippen molar-refractivity contribution in [3.05, 3.63) is 12.7 Å². The first-order chi connectivity index (χ1) is 9.56. The average Bonchev–Trinajstić information content (AvgIpc) is 3.06. The molecule has 0 saturated carbocycles. The Balaban J connectivity index is 2.20. The van der Waals surface area contributed by atoms with Crippen LogP contribution in [0.3, 0.4) is 0 Å². The van der Waals surface area contributed by atoms with Crippen LogP contribution in [0, 0.1) is 0 Å². The summed E-state index contributed by atoms with van der Waals surface area (Å²) in [6, 6.07) is -1.30. The number of carboxylic acid groups (broad SMARTS) is 1. The van der Waals surface area contributed by atoms with Crippen LogP contribution in [-0.2, 0) is 9.59 Å². The number of carboxylic acids is 1. The van der Waals surface area contributed by atoms with Gasteiger partial charge in [0.15, 0.2) is 0 Å². The summed E-state index contributed by atoms with van der Waals surface area (Å²) in [5.74, 6) is -0.725. The lowest BCUT2D eigenvalue weighted by Crippen LogP contribution is -2.48. The third-order valence-electron chi connectivity index (χ3n) is 3.36. The number of thioether (sulfide) groups is 1. The number of carbonyl (C=O) groups excluding carboxylic acids is 1. The second kappa shape index (κ2) is 6.25. The molecule has 1 aromatic heterocycles. The summed E-state index contributed by atoms with van der Waals surface area (Å²) in [5, 5.41) is 13.2. The fourth-order valence-electron chi connectivity index (χ4n) is 2.26. The Morgan fingerprint density at radius 1 is 1.55 bits per heavy atom. The highest BCUT2D eigenvalue weighted by Gasteiger charge is 2.42. The van der Waals surface area contributed by atoms with E-state index in [4.69, 9.17) is 0 Å². The van der Waals surface area contributed by atoms with Crippen molar-refractivity contribution in [2.24, 2.45) is 0 Å². The summed E-state index contributed by atoms with van der Waals surface area (Å²) in [5.41, 5.74) is 0. The number of nitrogens with zero attached hydrogens (tertiary/aromatic N) is 4. The molecule has 1 aliphatic rings. The molecular weight excluding hydrogens is 280 g/mol. The highest BCUT2D eigenvalue weighted by molar-refractivity contribution is 8.00. The summed E-state index contributed by atoms with van der Waals surface area (Å²) >= 11 is 1.53. The molecule has 3 unspecified atom stereocenters. The van der Waals surface area contributed by atoms with E-state index >= 15 is 0 Å². The van der Waals surface area contributed by atoms with Crippen molar-refractivity contribution in [1.29, 1.82) is 0 Å². The van der Waals surface area contributed by atoms with Crippen molar-refractivity contribution >= 4 is 23.6 Å². The largest absolute Gasteiger partial charge is 0.480 e. The van der Waals surface area contributed by atoms with Gasteiger partial charge in [-0.1, -0.05) is 13.3 Å². The minimum atomic E-state index is -0.949. The third kappa shape index (κ3) is 2.79. The van der Waals surface area contributed by atoms with E-state index in [1.54, 1.807) is 6.92 Å². The summed E-state index contributed by atoms with van der Waals surface area (Å²) in [6.07, 6.45) is 4.53. The van der Waals surface area contributed by atoms with E-state index in [0.29, 0.717) is 5.75 Å². The SMILES string of the molecule is CCCC1SCC(C(=O)O)N1C(=O)C(C)n1cncn1. The lowest BCUT2D eigenvalue weighted by molar-refractivity contribution is -0.150. The van der Waals surface area contributed by atoms with Crippen molar-refractivity contribution in [1.82, 2.24) is 19.7 Å². The lowest BCUT2D eigenvalue weighted by Gasteiger charge is -2.29. The molecule has 0 aliphatic carbocycles. The Hall–Kier alpha value is -1.57. The summed E-state index contributed by atoms with van der Waals surface area (Å²) in [7, 11) is 0. The van der Waals surface area contributed by atoms with Crippen LogP contribution in [0.1, 0.15) is 32.7 Å². The van der Waals surface area contributed by atoms with Crippen molar-refractivity contribution < 1.29 is 14.7 Å². The first-order valence-electron chi connectivity index (χ1n) is 6.57. The van der Waals surface area contributed by atoms with Crippen molar-refractivity contribution in [2.75, 3.05) is 5.75 Å². The molecular formula is C12H18N4O3S. The van der Waals surface area contributed by atoms with Gasteiger partial charge in [-0.2, -0.15) is 5.10 Å². The molecule has 20 heavy (non-hydrogen) atoms. The Labute approximate surface area is 121 Å². The topological polar surface area (TPSA) is 88.3 Å². The Bertz CT molecular complexity index is 479. The van der Waals surface area contributed by atoms with Gasteiger partial charge >= 0.3 is 5.97 Å². The van der Waals surface area contributed by atoms with E-state index in [0.717, 1.165) is 12.8 Å². The number of hydrogen-bond donors (Lipinski definition) is 1. The van der Waals surface area contributed by atoms with Gasteiger partial charge in [-0.05, 0) is 13.3 Å². The molecule has 110 valence electrons. The molecule has 2 heterocycles. The van der Waals surface area contributed by atoms with Gasteiger partial charge in [-0.3, -0.25) is 4.79 Å². The van der Waals surface area contributed by atoms with E-state index in [2.05, 4.69) is 10.1 Å². The Morgan fingerprint density at radius 3 is 2.85 bits per heavy atom. The Kier molecular flexibility index (Phi) is 4.64. The predicted octanol–water partition coefficient (Wildman–Crippen LogP) is 0.994. The number of carbonyl (C=O) groups is 2. The number of amides is 1. The summed E-state index contributed by atoms with van der Waals surface area (Å²) < 4.78 is 1.45. The minimum absolute atomic E-state index is 0.0698. The smallest absolute Gasteiger partial charge is 0.327 e. The van der Waals surface area contributed by atoms with Crippen LogP contribution >= 0.6 is 11.8 Å². The fraction of sp³-hybridized carbons (Fsp3) is 0.667. The van der Waals surface area contributed by atoms with Gasteiger partial charge in [0.05, 0.1) is 5.37 Å². The van der Waals surface area contributed by atoms with Crippen LogP contribution in [0.4, 0.5) is 0 Å². The number of rotatable bonds is 5. The molecule has 1 saturated heterocycles. The second-order valence-electron chi connectivity index (χ2n) is 4.73. The molecule has 1 aliphatic heterocycles. The van der Waals surface area contributed by atoms with Crippen LogP contribution < -0.4 is 0 Å². The molecule has 8 heteroatoms. The van der Waals surface area contributed by atoms with Crippen molar-refractivity contribution in [3.63, 3.8) is 0 Å². The maximum atomic E-state index is 12.6. The van der Waals surface area contributed by atoms with Gasteiger partial charge < -0.3 is 10.0 Å². The highest BCUT2D eigenvalue weighted by Crippen LogP contribution is 2.33. The van der Waals surface area contributed by atoms with Gasteiger partial charge in [-0.25, -0.2) is 14.5 Å². The lowest BCUT2D eigenvalue weighted by atomic mass is 10.2. The molecule has 2 rings (SSSR count). The normalized spacial score (nSPS) is 23.8. The van der Waals surface area contributed by atoms with E-state index in [-0.39, 0.29) is 11.3 Å². The number of aliphatic carboxylic acids is 1. The third-order valence-corrected chi connectivity index (χ3v) is 4.71. The quantitative estimate of drug-likeness (QED) is 0.872. The summed E-state index contributed by atoms with van der Waals surface area (Å²) in [6.45, 7) is 3.74. The fourth-order valence-corrected chi connectivity index (χ4v) is 3.79. The van der Waals surface area contributed by atoms with Gasteiger partial charge in [0.2, 0.25) is 5.91 Å². The van der Waals surface area contributed by atoms with Gasteiger partial charge in [0.1, 0.15) is 24.7 Å². The zero-order valence-electron chi connectivity index (χ0n) is 11.5. The van der Waals surface area contributed by atoms with Gasteiger partial charge in [0, 0.05) is 5.75 Å². The molecule has 0 radical (unpaired) electrons. The predicted molar refractivity (Wildman–Crippen MR) is 74.2 cm³/mol. The van der Waals surface area contributed by atoms with E-state index in [9.17, 15) is 14.7 Å². The first kappa shape index (κ1) is 14.8. The van der Waals surface area contributed by atoms with Crippen LogP contribution in [0.25, 0.3) is 0 Å². The second-order valence-corrected chi connectivity index (χ2v) is 5.94. The van der Waals surface area contributed by atoms with Crippen molar-refractivity contribution in [3.8, 4) is 0 Å². The zero-order chi connectivity index (χ0) is 14.7. The highest BCUT2D eigenvalue weighted by atomic mass is 32.2. The van der Waals surface area contributed by atoms with Crippen LogP contribution in [0.2, 0.25) is 0 Å². The molecule has 1 aromatic rings. The van der Waals surface area contributed by atoms with E-state index < -0.39 is 18.1 Å². The first-order valence-corrected chi connectivity index (χ1v) is 7.61. The van der Waals surface area contributed by atoms with Crippen LogP contribution in [-0.4, -0.2) is 53.8 Å². The molecule has 0 bridgehead atoms. The maximum Gasteiger partial charge on any atom is 0.327 e.